The van der Waals surface area contributed by atoms with Gasteiger partial charge in [0.05, 0.1) is 25.9 Å². The van der Waals surface area contributed by atoms with Crippen molar-refractivity contribution in [2.75, 3.05) is 26.3 Å². The van der Waals surface area contributed by atoms with Gasteiger partial charge in [-0.2, -0.15) is 0 Å². The molecule has 0 aromatic heterocycles. The molecule has 0 saturated carbocycles. The van der Waals surface area contributed by atoms with Crippen molar-refractivity contribution in [3.05, 3.63) is 29.8 Å². The summed E-state index contributed by atoms with van der Waals surface area (Å²) in [6.07, 6.45) is 0.144. The van der Waals surface area contributed by atoms with Crippen LogP contribution in [0.15, 0.2) is 24.3 Å². The van der Waals surface area contributed by atoms with Crippen LogP contribution >= 0.6 is 0 Å². The van der Waals surface area contributed by atoms with Gasteiger partial charge in [0.15, 0.2) is 0 Å². The first-order chi connectivity index (χ1) is 7.84. The number of morpholine rings is 1. The fourth-order valence-corrected chi connectivity index (χ4v) is 1.68. The Labute approximate surface area is 95.2 Å². The molecule has 0 amide bonds. The number of hydrogen-bond donors (Lipinski definition) is 2. The monoisotopic (exact) mass is 223 g/mol. The number of aromatic hydroxyl groups is 1. The summed E-state index contributed by atoms with van der Waals surface area (Å²) in [6, 6.07) is 7.10. The highest BCUT2D eigenvalue weighted by Gasteiger charge is 2.12. The largest absolute Gasteiger partial charge is 0.508 e. The van der Waals surface area contributed by atoms with Crippen LogP contribution in [0.25, 0.3) is 0 Å². The molecule has 1 aliphatic heterocycles. The van der Waals surface area contributed by atoms with E-state index in [0.717, 1.165) is 25.3 Å². The highest BCUT2D eigenvalue weighted by Crippen LogP contribution is 2.11. The van der Waals surface area contributed by atoms with Crippen molar-refractivity contribution >= 4 is 0 Å². The Morgan fingerprint density at radius 2 is 2.44 bits per heavy atom. The molecule has 1 fully saturated rings. The highest BCUT2D eigenvalue weighted by atomic mass is 16.5. The molecule has 1 atom stereocenters. The highest BCUT2D eigenvalue weighted by molar-refractivity contribution is 5.26. The van der Waals surface area contributed by atoms with Crippen molar-refractivity contribution in [2.45, 2.75) is 12.7 Å². The van der Waals surface area contributed by atoms with Gasteiger partial charge in [0, 0.05) is 13.1 Å². The van der Waals surface area contributed by atoms with E-state index in [-0.39, 0.29) is 11.9 Å². The van der Waals surface area contributed by atoms with Crippen LogP contribution in [0.4, 0.5) is 0 Å². The summed E-state index contributed by atoms with van der Waals surface area (Å²) in [5, 5.41) is 12.5. The normalized spacial score (nSPS) is 20.9. The molecule has 2 rings (SSSR count). The molecule has 1 aliphatic rings. The number of rotatable bonds is 4. The number of hydrogen-bond acceptors (Lipinski definition) is 4. The van der Waals surface area contributed by atoms with Gasteiger partial charge in [0.1, 0.15) is 5.75 Å². The fraction of sp³-hybridized carbons (Fsp3) is 0.500. The third kappa shape index (κ3) is 3.48. The molecule has 0 aliphatic carbocycles. The zero-order valence-electron chi connectivity index (χ0n) is 9.19. The van der Waals surface area contributed by atoms with E-state index in [4.69, 9.17) is 9.47 Å². The number of phenols is 1. The predicted molar refractivity (Wildman–Crippen MR) is 60.4 cm³/mol. The lowest BCUT2D eigenvalue weighted by atomic mass is 10.2. The summed E-state index contributed by atoms with van der Waals surface area (Å²) in [5.41, 5.74) is 0.976. The predicted octanol–water partition coefficient (Wildman–Crippen LogP) is 0.897. The van der Waals surface area contributed by atoms with Crippen LogP contribution in [0, 0.1) is 0 Å². The first-order valence-electron chi connectivity index (χ1n) is 5.52. The molecule has 1 aromatic carbocycles. The van der Waals surface area contributed by atoms with Crippen LogP contribution in [0.1, 0.15) is 5.56 Å². The summed E-state index contributed by atoms with van der Waals surface area (Å²) < 4.78 is 11.0. The Morgan fingerprint density at radius 1 is 1.50 bits per heavy atom. The van der Waals surface area contributed by atoms with E-state index >= 15 is 0 Å². The van der Waals surface area contributed by atoms with Crippen LogP contribution in [0.5, 0.6) is 5.75 Å². The second-order valence-electron chi connectivity index (χ2n) is 3.88. The third-order valence-corrected chi connectivity index (χ3v) is 2.49. The van der Waals surface area contributed by atoms with E-state index in [2.05, 4.69) is 5.32 Å². The lowest BCUT2D eigenvalue weighted by Crippen LogP contribution is -2.40. The van der Waals surface area contributed by atoms with E-state index in [1.807, 2.05) is 12.1 Å². The topological polar surface area (TPSA) is 50.7 Å². The van der Waals surface area contributed by atoms with Gasteiger partial charge < -0.3 is 19.9 Å². The summed E-state index contributed by atoms with van der Waals surface area (Å²) in [5.74, 6) is 0.275. The van der Waals surface area contributed by atoms with E-state index < -0.39 is 0 Å². The van der Waals surface area contributed by atoms with Crippen molar-refractivity contribution in [1.29, 1.82) is 0 Å². The minimum Gasteiger partial charge on any atom is -0.508 e. The van der Waals surface area contributed by atoms with Gasteiger partial charge in [-0.3, -0.25) is 0 Å². The van der Waals surface area contributed by atoms with Gasteiger partial charge >= 0.3 is 0 Å². The minimum atomic E-state index is 0.144. The first-order valence-corrected chi connectivity index (χ1v) is 5.52. The van der Waals surface area contributed by atoms with Crippen molar-refractivity contribution in [2.24, 2.45) is 0 Å². The summed E-state index contributed by atoms with van der Waals surface area (Å²) >= 11 is 0. The van der Waals surface area contributed by atoms with Crippen molar-refractivity contribution in [1.82, 2.24) is 5.32 Å². The van der Waals surface area contributed by atoms with Gasteiger partial charge in [-0.25, -0.2) is 0 Å². The quantitative estimate of drug-likeness (QED) is 0.796. The maximum Gasteiger partial charge on any atom is 0.115 e. The van der Waals surface area contributed by atoms with Gasteiger partial charge in [0.25, 0.3) is 0 Å². The van der Waals surface area contributed by atoms with Crippen LogP contribution in [0.3, 0.4) is 0 Å². The zero-order valence-corrected chi connectivity index (χ0v) is 9.19. The Bertz CT molecular complexity index is 324. The molecule has 16 heavy (non-hydrogen) atoms. The molecule has 0 bridgehead atoms. The van der Waals surface area contributed by atoms with Crippen LogP contribution in [0.2, 0.25) is 0 Å². The summed E-state index contributed by atoms with van der Waals surface area (Å²) in [7, 11) is 0. The van der Waals surface area contributed by atoms with Crippen molar-refractivity contribution < 1.29 is 14.6 Å². The Morgan fingerprint density at radius 3 is 3.19 bits per heavy atom. The molecule has 0 radical (unpaired) electrons. The van der Waals surface area contributed by atoms with E-state index in [0.29, 0.717) is 13.2 Å². The van der Waals surface area contributed by atoms with E-state index in [1.54, 1.807) is 12.1 Å². The van der Waals surface area contributed by atoms with Gasteiger partial charge in [-0.15, -0.1) is 0 Å². The maximum atomic E-state index is 9.27. The average molecular weight is 223 g/mol. The number of nitrogens with one attached hydrogen (secondary N) is 1. The lowest BCUT2D eigenvalue weighted by Gasteiger charge is -2.23. The molecular formula is C12H17NO3. The first kappa shape index (κ1) is 11.4. The summed E-state index contributed by atoms with van der Waals surface area (Å²) in [6.45, 7) is 3.61. The lowest BCUT2D eigenvalue weighted by molar-refractivity contribution is -0.0357. The molecule has 0 spiro atoms. The maximum absolute atomic E-state index is 9.27. The fourth-order valence-electron chi connectivity index (χ4n) is 1.68. The van der Waals surface area contributed by atoms with Gasteiger partial charge in [-0.05, 0) is 17.7 Å². The van der Waals surface area contributed by atoms with Gasteiger partial charge in [0.2, 0.25) is 0 Å². The molecular weight excluding hydrogens is 206 g/mol. The Balaban J connectivity index is 1.71. The van der Waals surface area contributed by atoms with Gasteiger partial charge in [-0.1, -0.05) is 12.1 Å². The molecule has 4 nitrogen and oxygen atoms in total. The Kier molecular flexibility index (Phi) is 4.16. The molecule has 1 aromatic rings. The zero-order chi connectivity index (χ0) is 11.2. The summed E-state index contributed by atoms with van der Waals surface area (Å²) in [4.78, 5) is 0. The molecule has 88 valence electrons. The molecule has 1 saturated heterocycles. The van der Waals surface area contributed by atoms with Crippen LogP contribution in [-0.4, -0.2) is 37.5 Å². The smallest absolute Gasteiger partial charge is 0.115 e. The molecule has 2 N–H and O–H groups in total. The van der Waals surface area contributed by atoms with E-state index in [1.165, 1.54) is 0 Å². The third-order valence-electron chi connectivity index (χ3n) is 2.49. The number of ether oxygens (including phenoxy) is 2. The average Bonchev–Trinajstić information content (AvgIpc) is 2.30. The second-order valence-corrected chi connectivity index (χ2v) is 3.88. The SMILES string of the molecule is Oc1cccc(COCC2CNCCO2)c1. The number of benzene rings is 1. The minimum absolute atomic E-state index is 0.144. The van der Waals surface area contributed by atoms with Crippen LogP contribution in [-0.2, 0) is 16.1 Å². The Hall–Kier alpha value is -1.10. The molecule has 1 heterocycles. The standard InChI is InChI=1S/C12H17NO3/c14-11-3-1-2-10(6-11)8-15-9-12-7-13-4-5-16-12/h1-3,6,12-14H,4-5,7-9H2. The van der Waals surface area contributed by atoms with Crippen molar-refractivity contribution in [3.63, 3.8) is 0 Å². The second kappa shape index (κ2) is 5.84. The van der Waals surface area contributed by atoms with Crippen LogP contribution < -0.4 is 5.32 Å². The number of phenolic OH excluding ortho intramolecular Hbond substituents is 1. The van der Waals surface area contributed by atoms with Crippen molar-refractivity contribution in [3.8, 4) is 5.75 Å². The molecule has 1 unspecified atom stereocenters. The molecule has 4 heteroatoms. The van der Waals surface area contributed by atoms with E-state index in [9.17, 15) is 5.11 Å².